The first-order chi connectivity index (χ1) is 8.18. The zero-order valence-corrected chi connectivity index (χ0v) is 11.5. The summed E-state index contributed by atoms with van der Waals surface area (Å²) in [7, 11) is 0. The molecule has 17 heavy (non-hydrogen) atoms. The number of nitrogens with one attached hydrogen (secondary N) is 1. The Kier molecular flexibility index (Phi) is 7.06. The molecule has 0 amide bonds. The van der Waals surface area contributed by atoms with Crippen LogP contribution in [-0.2, 0) is 0 Å². The van der Waals surface area contributed by atoms with Crippen molar-refractivity contribution in [2.45, 2.75) is 26.7 Å². The van der Waals surface area contributed by atoms with Crippen LogP contribution < -0.4 is 10.1 Å². The van der Waals surface area contributed by atoms with Crippen LogP contribution in [0.3, 0.4) is 0 Å². The van der Waals surface area contributed by atoms with Crippen molar-refractivity contribution >= 4 is 11.6 Å². The van der Waals surface area contributed by atoms with Crippen molar-refractivity contribution in [3.63, 3.8) is 0 Å². The summed E-state index contributed by atoms with van der Waals surface area (Å²) < 4.78 is 5.57. The van der Waals surface area contributed by atoms with E-state index in [0.717, 1.165) is 24.8 Å². The molecule has 3 heteroatoms. The molecule has 0 aliphatic carbocycles. The normalized spacial score (nSPS) is 10.8. The van der Waals surface area contributed by atoms with Crippen molar-refractivity contribution in [3.8, 4) is 5.75 Å². The first-order valence-electron chi connectivity index (χ1n) is 6.27. The van der Waals surface area contributed by atoms with E-state index in [-0.39, 0.29) is 0 Å². The van der Waals surface area contributed by atoms with Crippen LogP contribution in [0.1, 0.15) is 26.7 Å². The molecule has 0 aliphatic rings. The molecule has 0 radical (unpaired) electrons. The Morgan fingerprint density at radius 2 is 2.12 bits per heavy atom. The minimum Gasteiger partial charge on any atom is -0.492 e. The third-order valence-electron chi connectivity index (χ3n) is 2.48. The maximum absolute atomic E-state index is 5.86. The Morgan fingerprint density at radius 3 is 2.82 bits per heavy atom. The number of rotatable bonds is 8. The Labute approximate surface area is 109 Å². The van der Waals surface area contributed by atoms with E-state index < -0.39 is 0 Å². The molecule has 1 aromatic carbocycles. The van der Waals surface area contributed by atoms with E-state index in [0.29, 0.717) is 11.6 Å². The SMILES string of the molecule is CC(C)CCCNCCOc1cccc(Cl)c1. The molecule has 0 heterocycles. The minimum absolute atomic E-state index is 0.683. The van der Waals surface area contributed by atoms with Crippen molar-refractivity contribution < 1.29 is 4.74 Å². The number of hydrogen-bond acceptors (Lipinski definition) is 2. The Hall–Kier alpha value is -0.730. The number of halogens is 1. The standard InChI is InChI=1S/C14H22ClNO/c1-12(2)5-4-8-16-9-10-17-14-7-3-6-13(15)11-14/h3,6-7,11-12,16H,4-5,8-10H2,1-2H3. The van der Waals surface area contributed by atoms with Crippen LogP contribution in [0.25, 0.3) is 0 Å². The van der Waals surface area contributed by atoms with Crippen molar-refractivity contribution in [2.24, 2.45) is 5.92 Å². The highest BCUT2D eigenvalue weighted by Gasteiger charge is 1.95. The highest BCUT2D eigenvalue weighted by molar-refractivity contribution is 6.30. The van der Waals surface area contributed by atoms with E-state index in [1.165, 1.54) is 12.8 Å². The molecule has 1 N–H and O–H groups in total. The minimum atomic E-state index is 0.683. The quantitative estimate of drug-likeness (QED) is 0.715. The smallest absolute Gasteiger partial charge is 0.120 e. The summed E-state index contributed by atoms with van der Waals surface area (Å²) in [5.74, 6) is 1.63. The molecule has 0 unspecified atom stereocenters. The van der Waals surface area contributed by atoms with Gasteiger partial charge in [0.15, 0.2) is 0 Å². The highest BCUT2D eigenvalue weighted by Crippen LogP contribution is 2.16. The number of benzene rings is 1. The molecule has 0 atom stereocenters. The lowest BCUT2D eigenvalue weighted by Gasteiger charge is -2.08. The lowest BCUT2D eigenvalue weighted by molar-refractivity contribution is 0.313. The molecular formula is C14H22ClNO. The summed E-state index contributed by atoms with van der Waals surface area (Å²) >= 11 is 5.86. The summed E-state index contributed by atoms with van der Waals surface area (Å²) in [5.41, 5.74) is 0. The van der Waals surface area contributed by atoms with Gasteiger partial charge in [-0.2, -0.15) is 0 Å². The fourth-order valence-corrected chi connectivity index (χ4v) is 1.74. The van der Waals surface area contributed by atoms with E-state index in [1.54, 1.807) is 0 Å². The monoisotopic (exact) mass is 255 g/mol. The fraction of sp³-hybridized carbons (Fsp3) is 0.571. The van der Waals surface area contributed by atoms with Gasteiger partial charge in [0.05, 0.1) is 0 Å². The van der Waals surface area contributed by atoms with Crippen LogP contribution in [0, 0.1) is 5.92 Å². The molecule has 0 bridgehead atoms. The molecule has 2 nitrogen and oxygen atoms in total. The predicted octanol–water partition coefficient (Wildman–Crippen LogP) is 3.74. The van der Waals surface area contributed by atoms with Gasteiger partial charge in [-0.3, -0.25) is 0 Å². The van der Waals surface area contributed by atoms with E-state index in [1.807, 2.05) is 24.3 Å². The van der Waals surface area contributed by atoms with Gasteiger partial charge in [-0.15, -0.1) is 0 Å². The summed E-state index contributed by atoms with van der Waals surface area (Å²) in [6.45, 7) is 7.13. The van der Waals surface area contributed by atoms with Gasteiger partial charge >= 0.3 is 0 Å². The summed E-state index contributed by atoms with van der Waals surface area (Å²) in [6.07, 6.45) is 2.51. The van der Waals surface area contributed by atoms with E-state index in [4.69, 9.17) is 16.3 Å². The second-order valence-electron chi connectivity index (χ2n) is 4.59. The van der Waals surface area contributed by atoms with Crippen LogP contribution in [0.15, 0.2) is 24.3 Å². The van der Waals surface area contributed by atoms with Crippen LogP contribution in [-0.4, -0.2) is 19.7 Å². The third kappa shape index (κ3) is 7.24. The lowest BCUT2D eigenvalue weighted by atomic mass is 10.1. The van der Waals surface area contributed by atoms with E-state index in [9.17, 15) is 0 Å². The maximum atomic E-state index is 5.86. The van der Waals surface area contributed by atoms with Crippen molar-refractivity contribution in [2.75, 3.05) is 19.7 Å². The van der Waals surface area contributed by atoms with Gasteiger partial charge in [0.1, 0.15) is 12.4 Å². The molecule has 1 aromatic rings. The molecule has 0 aromatic heterocycles. The van der Waals surface area contributed by atoms with Crippen LogP contribution >= 0.6 is 11.6 Å². The first kappa shape index (κ1) is 14.3. The van der Waals surface area contributed by atoms with E-state index >= 15 is 0 Å². The second-order valence-corrected chi connectivity index (χ2v) is 5.03. The van der Waals surface area contributed by atoms with Crippen LogP contribution in [0.5, 0.6) is 5.75 Å². The molecule has 0 saturated heterocycles. The zero-order valence-electron chi connectivity index (χ0n) is 10.7. The topological polar surface area (TPSA) is 21.3 Å². The van der Waals surface area contributed by atoms with Crippen molar-refractivity contribution in [1.29, 1.82) is 0 Å². The summed E-state index contributed by atoms with van der Waals surface area (Å²) in [5, 5.41) is 4.08. The van der Waals surface area contributed by atoms with Gasteiger partial charge in [0, 0.05) is 11.6 Å². The van der Waals surface area contributed by atoms with Gasteiger partial charge in [0.2, 0.25) is 0 Å². The van der Waals surface area contributed by atoms with Crippen LogP contribution in [0.2, 0.25) is 5.02 Å². The summed E-state index contributed by atoms with van der Waals surface area (Å²) in [4.78, 5) is 0. The average molecular weight is 256 g/mol. The van der Waals surface area contributed by atoms with Crippen molar-refractivity contribution in [1.82, 2.24) is 5.32 Å². The molecule has 96 valence electrons. The highest BCUT2D eigenvalue weighted by atomic mass is 35.5. The molecule has 0 saturated carbocycles. The molecule has 0 spiro atoms. The van der Waals surface area contributed by atoms with E-state index in [2.05, 4.69) is 19.2 Å². The van der Waals surface area contributed by atoms with Gasteiger partial charge in [0.25, 0.3) is 0 Å². The van der Waals surface area contributed by atoms with Crippen LogP contribution in [0.4, 0.5) is 0 Å². The van der Waals surface area contributed by atoms with Gasteiger partial charge < -0.3 is 10.1 Å². The zero-order chi connectivity index (χ0) is 12.5. The third-order valence-corrected chi connectivity index (χ3v) is 2.71. The summed E-state index contributed by atoms with van der Waals surface area (Å²) in [6, 6.07) is 7.50. The number of hydrogen-bond donors (Lipinski definition) is 1. The van der Waals surface area contributed by atoms with Gasteiger partial charge in [-0.05, 0) is 43.5 Å². The maximum Gasteiger partial charge on any atom is 0.120 e. The lowest BCUT2D eigenvalue weighted by Crippen LogP contribution is -2.22. The Bertz CT molecular complexity index is 315. The molecule has 0 fully saturated rings. The predicted molar refractivity (Wildman–Crippen MR) is 73.9 cm³/mol. The van der Waals surface area contributed by atoms with Crippen molar-refractivity contribution in [3.05, 3.63) is 29.3 Å². The molecule has 1 rings (SSSR count). The fourth-order valence-electron chi connectivity index (χ4n) is 1.56. The van der Waals surface area contributed by atoms with Gasteiger partial charge in [-0.25, -0.2) is 0 Å². The Balaban J connectivity index is 2.01. The molecular weight excluding hydrogens is 234 g/mol. The largest absolute Gasteiger partial charge is 0.492 e. The second kappa shape index (κ2) is 8.37. The Morgan fingerprint density at radius 1 is 1.29 bits per heavy atom. The first-order valence-corrected chi connectivity index (χ1v) is 6.65. The molecule has 0 aliphatic heterocycles. The number of ether oxygens (including phenoxy) is 1. The van der Waals surface area contributed by atoms with Gasteiger partial charge in [-0.1, -0.05) is 31.5 Å². The average Bonchev–Trinajstić information content (AvgIpc) is 2.27.